The third kappa shape index (κ3) is 2.46. The van der Waals surface area contributed by atoms with Crippen LogP contribution in [0, 0.1) is 0 Å². The molecule has 0 radical (unpaired) electrons. The fourth-order valence-electron chi connectivity index (χ4n) is 2.96. The van der Waals surface area contributed by atoms with Gasteiger partial charge in [-0.15, -0.1) is 0 Å². The standard InChI is InChI=1S/C18H19NO/c1-14-13-16-9-5-6-10-17(16)19(14)18(20)12-11-15-7-3-2-4-8-15/h2-10,14H,11-13H2,1H3. The van der Waals surface area contributed by atoms with Crippen molar-refractivity contribution in [3.05, 3.63) is 65.7 Å². The van der Waals surface area contributed by atoms with Gasteiger partial charge < -0.3 is 4.90 Å². The molecule has 0 bridgehead atoms. The third-order valence-corrected chi connectivity index (χ3v) is 3.95. The average molecular weight is 265 g/mol. The molecule has 102 valence electrons. The number of fused-ring (bicyclic) bond motifs is 1. The zero-order valence-corrected chi connectivity index (χ0v) is 11.8. The van der Waals surface area contributed by atoms with Crippen LogP contribution in [0.4, 0.5) is 5.69 Å². The third-order valence-electron chi connectivity index (χ3n) is 3.95. The predicted octanol–water partition coefficient (Wildman–Crippen LogP) is 3.60. The lowest BCUT2D eigenvalue weighted by Gasteiger charge is -2.22. The summed E-state index contributed by atoms with van der Waals surface area (Å²) in [6.07, 6.45) is 2.35. The molecule has 1 atom stereocenters. The van der Waals surface area contributed by atoms with Crippen molar-refractivity contribution in [2.75, 3.05) is 4.90 Å². The molecule has 1 amide bonds. The minimum atomic E-state index is 0.228. The minimum Gasteiger partial charge on any atom is -0.309 e. The van der Waals surface area contributed by atoms with Gasteiger partial charge in [-0.25, -0.2) is 0 Å². The van der Waals surface area contributed by atoms with Crippen LogP contribution in [-0.2, 0) is 17.6 Å². The van der Waals surface area contributed by atoms with Gasteiger partial charge in [0.1, 0.15) is 0 Å². The molecule has 1 heterocycles. The number of amides is 1. The summed E-state index contributed by atoms with van der Waals surface area (Å²) in [7, 11) is 0. The maximum atomic E-state index is 12.5. The number of hydrogen-bond acceptors (Lipinski definition) is 1. The van der Waals surface area contributed by atoms with Crippen LogP contribution in [0.25, 0.3) is 0 Å². The monoisotopic (exact) mass is 265 g/mol. The van der Waals surface area contributed by atoms with E-state index in [4.69, 9.17) is 0 Å². The molecule has 0 saturated carbocycles. The molecule has 0 N–H and O–H groups in total. The molecule has 0 aromatic heterocycles. The highest BCUT2D eigenvalue weighted by Gasteiger charge is 2.29. The van der Waals surface area contributed by atoms with Crippen LogP contribution in [0.15, 0.2) is 54.6 Å². The molecular weight excluding hydrogens is 246 g/mol. The second-order valence-electron chi connectivity index (χ2n) is 5.43. The molecule has 2 aromatic rings. The maximum absolute atomic E-state index is 12.5. The van der Waals surface area contributed by atoms with Crippen LogP contribution < -0.4 is 4.90 Å². The van der Waals surface area contributed by atoms with Crippen LogP contribution in [0.1, 0.15) is 24.5 Å². The summed E-state index contributed by atoms with van der Waals surface area (Å²) >= 11 is 0. The Morgan fingerprint density at radius 1 is 1.10 bits per heavy atom. The zero-order chi connectivity index (χ0) is 13.9. The van der Waals surface area contributed by atoms with Crippen molar-refractivity contribution in [1.82, 2.24) is 0 Å². The van der Waals surface area contributed by atoms with Crippen LogP contribution in [-0.4, -0.2) is 11.9 Å². The van der Waals surface area contributed by atoms with Crippen molar-refractivity contribution in [3.8, 4) is 0 Å². The predicted molar refractivity (Wildman–Crippen MR) is 81.9 cm³/mol. The molecule has 0 aliphatic carbocycles. The summed E-state index contributed by atoms with van der Waals surface area (Å²) in [6, 6.07) is 18.7. The van der Waals surface area contributed by atoms with Gasteiger partial charge >= 0.3 is 0 Å². The Bertz CT molecular complexity index is 606. The normalized spacial score (nSPS) is 17.1. The highest BCUT2D eigenvalue weighted by atomic mass is 16.2. The topological polar surface area (TPSA) is 20.3 Å². The maximum Gasteiger partial charge on any atom is 0.227 e. The summed E-state index contributed by atoms with van der Waals surface area (Å²) in [5.74, 6) is 0.228. The van der Waals surface area contributed by atoms with Crippen LogP contribution in [0.3, 0.4) is 0 Å². The van der Waals surface area contributed by atoms with Crippen molar-refractivity contribution in [2.45, 2.75) is 32.2 Å². The Kier molecular flexibility index (Phi) is 3.55. The van der Waals surface area contributed by atoms with E-state index in [1.807, 2.05) is 35.2 Å². The number of nitrogens with zero attached hydrogens (tertiary/aromatic N) is 1. The van der Waals surface area contributed by atoms with Crippen molar-refractivity contribution >= 4 is 11.6 Å². The highest BCUT2D eigenvalue weighted by molar-refractivity contribution is 5.96. The lowest BCUT2D eigenvalue weighted by Crippen LogP contribution is -2.35. The lowest BCUT2D eigenvalue weighted by atomic mass is 10.1. The molecule has 1 aliphatic rings. The minimum absolute atomic E-state index is 0.228. The van der Waals surface area contributed by atoms with Crippen molar-refractivity contribution in [3.63, 3.8) is 0 Å². The van der Waals surface area contributed by atoms with Crippen molar-refractivity contribution < 1.29 is 4.79 Å². The average Bonchev–Trinajstić information content (AvgIpc) is 2.82. The summed E-state index contributed by atoms with van der Waals surface area (Å²) < 4.78 is 0. The lowest BCUT2D eigenvalue weighted by molar-refractivity contribution is -0.118. The van der Waals surface area contributed by atoms with Gasteiger partial charge in [-0.05, 0) is 37.0 Å². The smallest absolute Gasteiger partial charge is 0.227 e. The van der Waals surface area contributed by atoms with Gasteiger partial charge in [0.15, 0.2) is 0 Å². The molecule has 0 saturated heterocycles. The van der Waals surface area contributed by atoms with Gasteiger partial charge in [-0.1, -0.05) is 48.5 Å². The number of carbonyl (C=O) groups is 1. The first kappa shape index (κ1) is 12.9. The summed E-state index contributed by atoms with van der Waals surface area (Å²) in [6.45, 7) is 2.13. The molecule has 1 aliphatic heterocycles. The number of aryl methyl sites for hydroxylation is 1. The highest BCUT2D eigenvalue weighted by Crippen LogP contribution is 2.32. The number of carbonyl (C=O) groups excluding carboxylic acids is 1. The van der Waals surface area contributed by atoms with E-state index in [9.17, 15) is 4.79 Å². The summed E-state index contributed by atoms with van der Waals surface area (Å²) in [4.78, 5) is 14.5. The molecule has 1 unspecified atom stereocenters. The van der Waals surface area contributed by atoms with E-state index in [1.165, 1.54) is 11.1 Å². The number of rotatable bonds is 3. The second kappa shape index (κ2) is 5.49. The van der Waals surface area contributed by atoms with Crippen LogP contribution in [0.2, 0.25) is 0 Å². The fourth-order valence-corrected chi connectivity index (χ4v) is 2.96. The zero-order valence-electron chi connectivity index (χ0n) is 11.8. The molecule has 0 fully saturated rings. The van der Waals surface area contributed by atoms with E-state index in [-0.39, 0.29) is 11.9 Å². The van der Waals surface area contributed by atoms with Gasteiger partial charge in [0.2, 0.25) is 5.91 Å². The first-order valence-electron chi connectivity index (χ1n) is 7.19. The second-order valence-corrected chi connectivity index (χ2v) is 5.43. The number of benzene rings is 2. The molecule has 2 nitrogen and oxygen atoms in total. The van der Waals surface area contributed by atoms with E-state index >= 15 is 0 Å². The van der Waals surface area contributed by atoms with Gasteiger partial charge in [-0.3, -0.25) is 4.79 Å². The Morgan fingerprint density at radius 3 is 2.60 bits per heavy atom. The Balaban J connectivity index is 1.71. The molecule has 3 rings (SSSR count). The molecule has 2 heteroatoms. The first-order valence-corrected chi connectivity index (χ1v) is 7.19. The number of anilines is 1. The first-order chi connectivity index (χ1) is 9.75. The van der Waals surface area contributed by atoms with E-state index in [0.29, 0.717) is 6.42 Å². The number of hydrogen-bond donors (Lipinski definition) is 0. The van der Waals surface area contributed by atoms with Crippen molar-refractivity contribution in [2.24, 2.45) is 0 Å². The quantitative estimate of drug-likeness (QED) is 0.830. The van der Waals surface area contributed by atoms with Crippen LogP contribution in [0.5, 0.6) is 0 Å². The van der Waals surface area contributed by atoms with Gasteiger partial charge in [0.05, 0.1) is 0 Å². The largest absolute Gasteiger partial charge is 0.309 e. The Labute approximate surface area is 120 Å². The van der Waals surface area contributed by atoms with E-state index in [2.05, 4.69) is 31.2 Å². The molecular formula is C18H19NO. The van der Waals surface area contributed by atoms with Crippen LogP contribution >= 0.6 is 0 Å². The van der Waals surface area contributed by atoms with E-state index in [1.54, 1.807) is 0 Å². The number of para-hydroxylation sites is 1. The summed E-state index contributed by atoms with van der Waals surface area (Å²) in [5.41, 5.74) is 3.60. The van der Waals surface area contributed by atoms with E-state index in [0.717, 1.165) is 18.5 Å². The van der Waals surface area contributed by atoms with Gasteiger partial charge in [-0.2, -0.15) is 0 Å². The molecule has 2 aromatic carbocycles. The SMILES string of the molecule is CC1Cc2ccccc2N1C(=O)CCc1ccccc1. The fraction of sp³-hybridized carbons (Fsp3) is 0.278. The Hall–Kier alpha value is -2.09. The Morgan fingerprint density at radius 2 is 1.80 bits per heavy atom. The van der Waals surface area contributed by atoms with Gasteiger partial charge in [0, 0.05) is 18.2 Å². The molecule has 20 heavy (non-hydrogen) atoms. The van der Waals surface area contributed by atoms with E-state index < -0.39 is 0 Å². The van der Waals surface area contributed by atoms with Crippen molar-refractivity contribution in [1.29, 1.82) is 0 Å². The van der Waals surface area contributed by atoms with Gasteiger partial charge in [0.25, 0.3) is 0 Å². The molecule has 0 spiro atoms. The summed E-state index contributed by atoms with van der Waals surface area (Å²) in [5, 5.41) is 0.